The Labute approximate surface area is 168 Å². The summed E-state index contributed by atoms with van der Waals surface area (Å²) in [7, 11) is 0. The molecule has 2 aromatic carbocycles. The highest BCUT2D eigenvalue weighted by Gasteiger charge is 2.18. The van der Waals surface area contributed by atoms with Gasteiger partial charge >= 0.3 is 0 Å². The third-order valence-electron chi connectivity index (χ3n) is 5.16. The minimum absolute atomic E-state index is 0.239. The van der Waals surface area contributed by atoms with Crippen LogP contribution in [-0.4, -0.2) is 20.6 Å². The highest BCUT2D eigenvalue weighted by Crippen LogP contribution is 2.29. The van der Waals surface area contributed by atoms with Crippen LogP contribution in [0.1, 0.15) is 29.2 Å². The summed E-state index contributed by atoms with van der Waals surface area (Å²) in [5, 5.41) is 6.90. The predicted octanol–water partition coefficient (Wildman–Crippen LogP) is 4.79. The number of carbonyl (C=O) groups is 1. The molecule has 0 unspecified atom stereocenters. The van der Waals surface area contributed by atoms with Gasteiger partial charge in [0.15, 0.2) is 11.5 Å². The minimum Gasteiger partial charge on any atom is -0.355 e. The number of carbonyl (C=O) groups excluding carboxylic acids is 1. The van der Waals surface area contributed by atoms with Gasteiger partial charge in [-0.1, -0.05) is 53.7 Å². The third-order valence-corrected chi connectivity index (χ3v) is 5.16. The highest BCUT2D eigenvalue weighted by atomic mass is 16.5. The molecule has 0 atom stereocenters. The molecule has 0 saturated carbocycles. The highest BCUT2D eigenvalue weighted by molar-refractivity contribution is 6.05. The smallest absolute Gasteiger partial charge is 0.277 e. The predicted molar refractivity (Wildman–Crippen MR) is 110 cm³/mol. The molecule has 1 aliphatic rings. The first-order chi connectivity index (χ1) is 14.3. The van der Waals surface area contributed by atoms with Gasteiger partial charge < -0.3 is 14.4 Å². The number of rotatable bonds is 4. The van der Waals surface area contributed by atoms with Crippen LogP contribution in [0.3, 0.4) is 0 Å². The molecule has 5 rings (SSSR count). The lowest BCUT2D eigenvalue weighted by atomic mass is 10.1. The van der Waals surface area contributed by atoms with Gasteiger partial charge in [-0.05, 0) is 18.9 Å². The van der Waals surface area contributed by atoms with E-state index in [1.165, 1.54) is 12.8 Å². The van der Waals surface area contributed by atoms with Gasteiger partial charge in [-0.25, -0.2) is 4.98 Å². The van der Waals surface area contributed by atoms with Crippen molar-refractivity contribution in [1.82, 2.24) is 14.7 Å². The van der Waals surface area contributed by atoms with E-state index in [2.05, 4.69) is 21.2 Å². The number of aromatic nitrogens is 3. The van der Waals surface area contributed by atoms with Gasteiger partial charge in [-0.2, -0.15) is 0 Å². The lowest BCUT2D eigenvalue weighted by Gasteiger charge is -2.11. The lowest BCUT2D eigenvalue weighted by molar-refractivity contribution is 0.101. The van der Waals surface area contributed by atoms with Crippen LogP contribution in [0, 0.1) is 0 Å². The number of nitrogens with zero attached hydrogens (tertiary/aromatic N) is 3. The number of imidazole rings is 1. The molecule has 0 aliphatic carbocycles. The SMILES string of the molecule is O=C(Nc1ccccc1-c1cn2c(n1)CCCC2)c1cc(-c2ccccc2)on1. The van der Waals surface area contributed by atoms with Crippen LogP contribution in [0.5, 0.6) is 0 Å². The monoisotopic (exact) mass is 384 g/mol. The summed E-state index contributed by atoms with van der Waals surface area (Å²) in [5.74, 6) is 1.36. The molecule has 0 saturated heterocycles. The third kappa shape index (κ3) is 3.45. The Morgan fingerprint density at radius 1 is 1.03 bits per heavy atom. The summed E-state index contributed by atoms with van der Waals surface area (Å²) in [5.41, 5.74) is 3.60. The van der Waals surface area contributed by atoms with Crippen LogP contribution in [0.2, 0.25) is 0 Å². The van der Waals surface area contributed by atoms with E-state index >= 15 is 0 Å². The van der Waals surface area contributed by atoms with Crippen LogP contribution in [-0.2, 0) is 13.0 Å². The van der Waals surface area contributed by atoms with Crippen LogP contribution in [0.15, 0.2) is 71.4 Å². The average molecular weight is 384 g/mol. The fourth-order valence-electron chi connectivity index (χ4n) is 3.66. The fraction of sp³-hybridized carbons (Fsp3) is 0.174. The van der Waals surface area contributed by atoms with Crippen molar-refractivity contribution in [3.8, 4) is 22.6 Å². The molecule has 6 nitrogen and oxygen atoms in total. The first kappa shape index (κ1) is 17.4. The maximum atomic E-state index is 12.8. The number of benzene rings is 2. The molecule has 6 heteroatoms. The molecule has 3 heterocycles. The number of aryl methyl sites for hydroxylation is 2. The van der Waals surface area contributed by atoms with Crippen LogP contribution in [0.4, 0.5) is 5.69 Å². The topological polar surface area (TPSA) is 73.0 Å². The summed E-state index contributed by atoms with van der Waals surface area (Å²) in [4.78, 5) is 17.6. The zero-order valence-corrected chi connectivity index (χ0v) is 15.8. The van der Waals surface area contributed by atoms with Crippen molar-refractivity contribution in [2.24, 2.45) is 0 Å². The zero-order valence-electron chi connectivity index (χ0n) is 15.8. The molecule has 0 spiro atoms. The Morgan fingerprint density at radius 3 is 2.72 bits per heavy atom. The number of anilines is 1. The number of fused-ring (bicyclic) bond motifs is 1. The average Bonchev–Trinajstić information content (AvgIpc) is 3.42. The fourth-order valence-corrected chi connectivity index (χ4v) is 3.66. The molecule has 1 amide bonds. The second-order valence-electron chi connectivity index (χ2n) is 7.14. The quantitative estimate of drug-likeness (QED) is 0.549. The molecule has 1 N–H and O–H groups in total. The first-order valence-corrected chi connectivity index (χ1v) is 9.77. The molecule has 0 bridgehead atoms. The molecule has 29 heavy (non-hydrogen) atoms. The number of para-hydroxylation sites is 1. The largest absolute Gasteiger partial charge is 0.355 e. The van der Waals surface area contributed by atoms with E-state index < -0.39 is 0 Å². The van der Waals surface area contributed by atoms with Crippen molar-refractivity contribution in [3.05, 3.63) is 78.4 Å². The van der Waals surface area contributed by atoms with Gasteiger partial charge in [0, 0.05) is 36.4 Å². The molecule has 1 aliphatic heterocycles. The standard InChI is InChI=1S/C23H20N4O2/c28-23(19-14-21(29-26-19)16-8-2-1-3-9-16)25-18-11-5-4-10-17(18)20-15-27-13-7-6-12-22(27)24-20/h1-5,8-11,14-15H,6-7,12-13H2,(H,25,28). The summed E-state index contributed by atoms with van der Waals surface area (Å²) in [6.45, 7) is 0.998. The van der Waals surface area contributed by atoms with Crippen molar-refractivity contribution >= 4 is 11.6 Å². The van der Waals surface area contributed by atoms with Crippen LogP contribution in [0.25, 0.3) is 22.6 Å². The molecule has 0 radical (unpaired) electrons. The van der Waals surface area contributed by atoms with Crippen molar-refractivity contribution in [3.63, 3.8) is 0 Å². The lowest BCUT2D eigenvalue weighted by Crippen LogP contribution is -2.12. The normalized spacial score (nSPS) is 13.1. The second-order valence-corrected chi connectivity index (χ2v) is 7.14. The Kier molecular flexibility index (Phi) is 4.44. The van der Waals surface area contributed by atoms with Gasteiger partial charge in [0.2, 0.25) is 0 Å². The van der Waals surface area contributed by atoms with Gasteiger partial charge in [-0.15, -0.1) is 0 Å². The summed E-state index contributed by atoms with van der Waals surface area (Å²) in [6.07, 6.45) is 5.42. The van der Waals surface area contributed by atoms with Crippen LogP contribution >= 0.6 is 0 Å². The summed E-state index contributed by atoms with van der Waals surface area (Å²) < 4.78 is 7.56. The van der Waals surface area contributed by atoms with E-state index in [4.69, 9.17) is 9.51 Å². The van der Waals surface area contributed by atoms with E-state index in [0.29, 0.717) is 11.4 Å². The Bertz CT molecular complexity index is 1140. The van der Waals surface area contributed by atoms with Crippen molar-refractivity contribution < 1.29 is 9.32 Å². The number of nitrogens with one attached hydrogen (secondary N) is 1. The van der Waals surface area contributed by atoms with Crippen molar-refractivity contribution in [1.29, 1.82) is 0 Å². The Balaban J connectivity index is 1.41. The summed E-state index contributed by atoms with van der Waals surface area (Å²) >= 11 is 0. The minimum atomic E-state index is -0.313. The molecule has 0 fully saturated rings. The molecular formula is C23H20N4O2. The van der Waals surface area contributed by atoms with Crippen molar-refractivity contribution in [2.75, 3.05) is 5.32 Å². The number of hydrogen-bond donors (Lipinski definition) is 1. The van der Waals surface area contributed by atoms with E-state index in [1.807, 2.05) is 54.6 Å². The molecule has 2 aromatic heterocycles. The van der Waals surface area contributed by atoms with E-state index in [1.54, 1.807) is 6.07 Å². The van der Waals surface area contributed by atoms with Crippen LogP contribution < -0.4 is 5.32 Å². The summed E-state index contributed by atoms with van der Waals surface area (Å²) in [6, 6.07) is 18.9. The zero-order chi connectivity index (χ0) is 19.6. The van der Waals surface area contributed by atoms with E-state index in [-0.39, 0.29) is 11.6 Å². The van der Waals surface area contributed by atoms with Crippen molar-refractivity contribution in [2.45, 2.75) is 25.8 Å². The molecular weight excluding hydrogens is 364 g/mol. The Hall–Kier alpha value is -3.67. The van der Waals surface area contributed by atoms with E-state index in [0.717, 1.165) is 35.6 Å². The van der Waals surface area contributed by atoms with Gasteiger partial charge in [-0.3, -0.25) is 4.79 Å². The van der Waals surface area contributed by atoms with Gasteiger partial charge in [0.1, 0.15) is 5.82 Å². The number of amides is 1. The second kappa shape index (κ2) is 7.39. The molecule has 4 aromatic rings. The Morgan fingerprint density at radius 2 is 1.86 bits per heavy atom. The number of hydrogen-bond acceptors (Lipinski definition) is 4. The first-order valence-electron chi connectivity index (χ1n) is 9.77. The van der Waals surface area contributed by atoms with E-state index in [9.17, 15) is 4.79 Å². The van der Waals surface area contributed by atoms with Gasteiger partial charge in [0.05, 0.1) is 11.4 Å². The maximum Gasteiger partial charge on any atom is 0.277 e. The maximum absolute atomic E-state index is 12.8. The molecule has 144 valence electrons. The van der Waals surface area contributed by atoms with Gasteiger partial charge in [0.25, 0.3) is 5.91 Å².